The Hall–Kier alpha value is -1.39. The fourth-order valence-electron chi connectivity index (χ4n) is 3.45. The van der Waals surface area contributed by atoms with Crippen LogP contribution in [0, 0.1) is 5.92 Å². The third-order valence-corrected chi connectivity index (χ3v) is 5.08. The average Bonchev–Trinajstić information content (AvgIpc) is 3.17. The molecule has 7 nitrogen and oxygen atoms in total. The molecular formula is C22H36IN5O2. The summed E-state index contributed by atoms with van der Waals surface area (Å²) in [5.41, 5.74) is 2.13. The molecule has 1 aliphatic heterocycles. The second kappa shape index (κ2) is 14.6. The van der Waals surface area contributed by atoms with E-state index in [0.29, 0.717) is 5.92 Å². The van der Waals surface area contributed by atoms with Crippen LogP contribution in [0.15, 0.2) is 29.3 Å². The summed E-state index contributed by atoms with van der Waals surface area (Å²) in [5, 5.41) is 6.70. The van der Waals surface area contributed by atoms with Crippen LogP contribution >= 0.6 is 24.0 Å². The van der Waals surface area contributed by atoms with Crippen molar-refractivity contribution in [1.29, 1.82) is 0 Å². The predicted molar refractivity (Wildman–Crippen MR) is 133 cm³/mol. The molecule has 0 unspecified atom stereocenters. The molecule has 0 atom stereocenters. The number of aromatic nitrogens is 2. The zero-order valence-electron chi connectivity index (χ0n) is 18.0. The van der Waals surface area contributed by atoms with Crippen molar-refractivity contribution in [2.45, 2.75) is 39.0 Å². The Morgan fingerprint density at radius 2 is 2.07 bits per heavy atom. The van der Waals surface area contributed by atoms with E-state index >= 15 is 0 Å². The number of aromatic amines is 1. The lowest BCUT2D eigenvalue weighted by Crippen LogP contribution is -2.38. The van der Waals surface area contributed by atoms with Crippen LogP contribution < -0.4 is 10.6 Å². The summed E-state index contributed by atoms with van der Waals surface area (Å²) in [4.78, 5) is 12.7. The maximum Gasteiger partial charge on any atom is 0.191 e. The van der Waals surface area contributed by atoms with Crippen molar-refractivity contribution < 1.29 is 9.47 Å². The van der Waals surface area contributed by atoms with E-state index < -0.39 is 0 Å². The van der Waals surface area contributed by atoms with Gasteiger partial charge in [-0.05, 0) is 50.7 Å². The zero-order valence-corrected chi connectivity index (χ0v) is 20.3. The molecule has 168 valence electrons. The summed E-state index contributed by atoms with van der Waals surface area (Å²) in [5.74, 6) is 2.57. The summed E-state index contributed by atoms with van der Waals surface area (Å²) in [6, 6.07) is 8.14. The molecule has 0 amide bonds. The van der Waals surface area contributed by atoms with Crippen molar-refractivity contribution in [3.05, 3.63) is 30.1 Å². The summed E-state index contributed by atoms with van der Waals surface area (Å²) >= 11 is 0. The Morgan fingerprint density at radius 1 is 1.23 bits per heavy atom. The van der Waals surface area contributed by atoms with E-state index in [1.54, 1.807) is 0 Å². The van der Waals surface area contributed by atoms with Crippen LogP contribution in [0.4, 0.5) is 0 Å². The number of nitrogens with one attached hydrogen (secondary N) is 3. The molecule has 1 aromatic heterocycles. The van der Waals surface area contributed by atoms with Crippen LogP contribution in [0.2, 0.25) is 0 Å². The standard InChI is InChI=1S/C22H35N5O2.HI/c1-2-23-22(25-13-6-14-29-17-18-10-15-28-16-11-18)24-12-5-9-21-26-19-7-3-4-8-20(19)27-21;/h3-4,7-8,18H,2,5-6,9-17H2,1H3,(H,26,27)(H2,23,24,25);1H. The molecule has 30 heavy (non-hydrogen) atoms. The van der Waals surface area contributed by atoms with Gasteiger partial charge in [-0.3, -0.25) is 4.99 Å². The number of aryl methyl sites for hydroxylation is 1. The van der Waals surface area contributed by atoms with E-state index in [4.69, 9.17) is 9.47 Å². The van der Waals surface area contributed by atoms with Crippen molar-refractivity contribution in [1.82, 2.24) is 20.6 Å². The largest absolute Gasteiger partial charge is 0.381 e. The number of rotatable bonds is 11. The smallest absolute Gasteiger partial charge is 0.191 e. The molecule has 0 radical (unpaired) electrons. The summed E-state index contributed by atoms with van der Waals surface area (Å²) in [6.45, 7) is 7.99. The number of H-pyrrole nitrogens is 1. The molecule has 1 fully saturated rings. The van der Waals surface area contributed by atoms with Gasteiger partial charge in [-0.15, -0.1) is 24.0 Å². The topological polar surface area (TPSA) is 83.6 Å². The molecule has 1 aliphatic rings. The summed E-state index contributed by atoms with van der Waals surface area (Å²) in [6.07, 6.45) is 5.10. The maximum atomic E-state index is 5.82. The first-order valence-electron chi connectivity index (χ1n) is 11.0. The predicted octanol–water partition coefficient (Wildman–Crippen LogP) is 3.50. The fraction of sp³-hybridized carbons (Fsp3) is 0.636. The number of nitrogens with zero attached hydrogens (tertiary/aromatic N) is 2. The van der Waals surface area contributed by atoms with Gasteiger partial charge in [0.2, 0.25) is 0 Å². The van der Waals surface area contributed by atoms with Gasteiger partial charge in [-0.1, -0.05) is 12.1 Å². The number of para-hydroxylation sites is 2. The van der Waals surface area contributed by atoms with Crippen molar-refractivity contribution in [2.24, 2.45) is 10.9 Å². The average molecular weight is 529 g/mol. The molecule has 0 bridgehead atoms. The minimum absolute atomic E-state index is 0. The minimum atomic E-state index is 0. The summed E-state index contributed by atoms with van der Waals surface area (Å²) in [7, 11) is 0. The van der Waals surface area contributed by atoms with Gasteiger partial charge in [0.25, 0.3) is 0 Å². The molecule has 0 saturated carbocycles. The van der Waals surface area contributed by atoms with Gasteiger partial charge < -0.3 is 25.1 Å². The first-order valence-corrected chi connectivity index (χ1v) is 11.0. The van der Waals surface area contributed by atoms with E-state index in [2.05, 4.69) is 38.6 Å². The number of ether oxygens (including phenoxy) is 2. The van der Waals surface area contributed by atoms with Crippen molar-refractivity contribution >= 4 is 41.0 Å². The van der Waals surface area contributed by atoms with E-state index in [1.807, 2.05) is 18.2 Å². The third kappa shape index (κ3) is 8.77. The van der Waals surface area contributed by atoms with Crippen molar-refractivity contribution in [3.63, 3.8) is 0 Å². The molecule has 1 aromatic carbocycles. The highest BCUT2D eigenvalue weighted by molar-refractivity contribution is 14.0. The monoisotopic (exact) mass is 529 g/mol. The second-order valence-corrected chi connectivity index (χ2v) is 7.48. The molecule has 2 aromatic rings. The van der Waals surface area contributed by atoms with Gasteiger partial charge in [-0.25, -0.2) is 4.98 Å². The number of halogens is 1. The normalized spacial score (nSPS) is 15.2. The SMILES string of the molecule is CCNC(=NCCCc1nc2ccccc2[nH]1)NCCCOCC1CCOCC1.I. The molecule has 2 heterocycles. The second-order valence-electron chi connectivity index (χ2n) is 7.48. The molecule has 8 heteroatoms. The van der Waals surface area contributed by atoms with Gasteiger partial charge >= 0.3 is 0 Å². The highest BCUT2D eigenvalue weighted by Gasteiger charge is 2.13. The first-order chi connectivity index (χ1) is 14.3. The van der Waals surface area contributed by atoms with Gasteiger partial charge in [0.05, 0.1) is 11.0 Å². The maximum absolute atomic E-state index is 5.82. The number of hydrogen-bond acceptors (Lipinski definition) is 4. The van der Waals surface area contributed by atoms with E-state index in [0.717, 1.165) is 101 Å². The lowest BCUT2D eigenvalue weighted by molar-refractivity contribution is 0.0203. The number of fused-ring (bicyclic) bond motifs is 1. The molecule has 1 saturated heterocycles. The summed E-state index contributed by atoms with van der Waals surface area (Å²) < 4.78 is 11.2. The van der Waals surface area contributed by atoms with E-state index in [9.17, 15) is 0 Å². The number of benzene rings is 1. The lowest BCUT2D eigenvalue weighted by Gasteiger charge is -2.21. The fourth-order valence-corrected chi connectivity index (χ4v) is 3.45. The van der Waals surface area contributed by atoms with Crippen LogP contribution in [-0.4, -0.2) is 62.0 Å². The number of imidazole rings is 1. The van der Waals surface area contributed by atoms with Crippen LogP contribution in [-0.2, 0) is 15.9 Å². The Balaban J connectivity index is 0.00000320. The van der Waals surface area contributed by atoms with Crippen molar-refractivity contribution in [2.75, 3.05) is 46.1 Å². The van der Waals surface area contributed by atoms with Gasteiger partial charge in [-0.2, -0.15) is 0 Å². The number of hydrogen-bond donors (Lipinski definition) is 3. The number of aliphatic imine (C=N–C) groups is 1. The molecule has 3 N–H and O–H groups in total. The van der Waals surface area contributed by atoms with Gasteiger partial charge in [0.15, 0.2) is 5.96 Å². The van der Waals surface area contributed by atoms with Crippen LogP contribution in [0.1, 0.15) is 38.4 Å². The van der Waals surface area contributed by atoms with Crippen LogP contribution in [0.3, 0.4) is 0 Å². The first kappa shape index (κ1) is 24.9. The van der Waals surface area contributed by atoms with Crippen LogP contribution in [0.25, 0.3) is 11.0 Å². The van der Waals surface area contributed by atoms with Crippen LogP contribution in [0.5, 0.6) is 0 Å². The zero-order chi connectivity index (χ0) is 20.2. The van der Waals surface area contributed by atoms with E-state index in [1.165, 1.54) is 0 Å². The quantitative estimate of drug-likeness (QED) is 0.180. The molecular weight excluding hydrogens is 493 g/mol. The van der Waals surface area contributed by atoms with Gasteiger partial charge in [0, 0.05) is 52.5 Å². The molecule has 3 rings (SSSR count). The highest BCUT2D eigenvalue weighted by atomic mass is 127. The minimum Gasteiger partial charge on any atom is -0.381 e. The Morgan fingerprint density at radius 3 is 2.87 bits per heavy atom. The Kier molecular flexibility index (Phi) is 12.1. The van der Waals surface area contributed by atoms with Gasteiger partial charge in [0.1, 0.15) is 5.82 Å². The molecule has 0 aliphatic carbocycles. The Bertz CT molecular complexity index is 713. The lowest BCUT2D eigenvalue weighted by atomic mass is 10.0. The highest BCUT2D eigenvalue weighted by Crippen LogP contribution is 2.14. The molecule has 0 spiro atoms. The van der Waals surface area contributed by atoms with E-state index in [-0.39, 0.29) is 24.0 Å². The Labute approximate surface area is 196 Å². The van der Waals surface area contributed by atoms with Crippen molar-refractivity contribution in [3.8, 4) is 0 Å². The number of guanidine groups is 1. The third-order valence-electron chi connectivity index (χ3n) is 5.08.